The van der Waals surface area contributed by atoms with Crippen LogP contribution in [0.15, 0.2) is 34.8 Å². The van der Waals surface area contributed by atoms with Gasteiger partial charge < -0.3 is 5.73 Å². The minimum Gasteiger partial charge on any atom is -0.325 e. The summed E-state index contributed by atoms with van der Waals surface area (Å²) >= 11 is 3.48. The fourth-order valence-corrected chi connectivity index (χ4v) is 1.76. The molecule has 0 aliphatic rings. The molecule has 0 amide bonds. The fraction of sp³-hybridized carbons (Fsp3) is 0.100. The monoisotopic (exact) mass is 251 g/mol. The maximum absolute atomic E-state index is 5.50. The Kier molecular flexibility index (Phi) is 2.65. The number of hydrogen-bond donors (Lipinski definition) is 2. The van der Waals surface area contributed by atoms with Crippen LogP contribution in [0.2, 0.25) is 0 Å². The molecule has 0 radical (unpaired) electrons. The minimum atomic E-state index is 0.484. The summed E-state index contributed by atoms with van der Waals surface area (Å²) in [5, 5.41) is 7.07. The normalized spacial score (nSPS) is 10.4. The van der Waals surface area contributed by atoms with Crippen LogP contribution in [0.5, 0.6) is 0 Å². The highest BCUT2D eigenvalue weighted by molar-refractivity contribution is 9.10. The van der Waals surface area contributed by atoms with Crippen molar-refractivity contribution in [3.63, 3.8) is 0 Å². The van der Waals surface area contributed by atoms with E-state index in [0.29, 0.717) is 6.54 Å². The van der Waals surface area contributed by atoms with Crippen molar-refractivity contribution in [1.82, 2.24) is 10.2 Å². The number of nitrogens with zero attached hydrogens (tertiary/aromatic N) is 1. The van der Waals surface area contributed by atoms with Gasteiger partial charge in [-0.25, -0.2) is 0 Å². The van der Waals surface area contributed by atoms with Crippen LogP contribution in [0.1, 0.15) is 5.69 Å². The summed E-state index contributed by atoms with van der Waals surface area (Å²) in [7, 11) is 0. The van der Waals surface area contributed by atoms with E-state index in [2.05, 4.69) is 26.1 Å². The molecule has 0 fully saturated rings. The second-order valence-corrected chi connectivity index (χ2v) is 3.82. The SMILES string of the molecule is NCc1cc(-c2ccccc2Br)n[nH]1. The number of nitrogens with one attached hydrogen (secondary N) is 1. The zero-order chi connectivity index (χ0) is 9.97. The second kappa shape index (κ2) is 3.94. The molecule has 0 aliphatic heterocycles. The highest BCUT2D eigenvalue weighted by Crippen LogP contribution is 2.26. The molecule has 2 aromatic rings. The van der Waals surface area contributed by atoms with E-state index in [4.69, 9.17) is 5.73 Å². The molecule has 3 nitrogen and oxygen atoms in total. The molecular weight excluding hydrogens is 242 g/mol. The predicted octanol–water partition coefficient (Wildman–Crippen LogP) is 2.30. The Labute approximate surface area is 90.5 Å². The van der Waals surface area contributed by atoms with Crippen molar-refractivity contribution >= 4 is 15.9 Å². The van der Waals surface area contributed by atoms with E-state index >= 15 is 0 Å². The van der Waals surface area contributed by atoms with Gasteiger partial charge in [-0.3, -0.25) is 5.10 Å². The average molecular weight is 252 g/mol. The number of H-pyrrole nitrogens is 1. The number of rotatable bonds is 2. The first kappa shape index (κ1) is 9.43. The van der Waals surface area contributed by atoms with Crippen LogP contribution in [0.25, 0.3) is 11.3 Å². The van der Waals surface area contributed by atoms with Gasteiger partial charge >= 0.3 is 0 Å². The van der Waals surface area contributed by atoms with Crippen molar-refractivity contribution in [3.05, 3.63) is 40.5 Å². The topological polar surface area (TPSA) is 54.7 Å². The molecule has 1 heterocycles. The van der Waals surface area contributed by atoms with E-state index in [-0.39, 0.29) is 0 Å². The Morgan fingerprint density at radius 1 is 1.36 bits per heavy atom. The standard InChI is InChI=1S/C10H10BrN3/c11-9-4-2-1-3-8(9)10-5-7(6-12)13-14-10/h1-5H,6,12H2,(H,13,14). The Bertz CT molecular complexity index is 436. The zero-order valence-corrected chi connectivity index (χ0v) is 9.08. The van der Waals surface area contributed by atoms with Crippen molar-refractivity contribution < 1.29 is 0 Å². The van der Waals surface area contributed by atoms with E-state index in [9.17, 15) is 0 Å². The first-order valence-corrected chi connectivity index (χ1v) is 5.10. The highest BCUT2D eigenvalue weighted by Gasteiger charge is 2.05. The lowest BCUT2D eigenvalue weighted by Gasteiger charge is -1.98. The summed E-state index contributed by atoms with van der Waals surface area (Å²) in [6.07, 6.45) is 0. The highest BCUT2D eigenvalue weighted by atomic mass is 79.9. The zero-order valence-electron chi connectivity index (χ0n) is 7.50. The lowest BCUT2D eigenvalue weighted by atomic mass is 10.1. The molecule has 1 aromatic carbocycles. The third-order valence-corrected chi connectivity index (χ3v) is 2.69. The lowest BCUT2D eigenvalue weighted by Crippen LogP contribution is -1.95. The molecular formula is C10H10BrN3. The van der Waals surface area contributed by atoms with Crippen LogP contribution in [0.4, 0.5) is 0 Å². The van der Waals surface area contributed by atoms with Crippen molar-refractivity contribution in [1.29, 1.82) is 0 Å². The summed E-state index contributed by atoms with van der Waals surface area (Å²) in [5.74, 6) is 0. The summed E-state index contributed by atoms with van der Waals surface area (Å²) in [6, 6.07) is 9.92. The minimum absolute atomic E-state index is 0.484. The molecule has 2 rings (SSSR count). The molecule has 72 valence electrons. The predicted molar refractivity (Wildman–Crippen MR) is 59.6 cm³/mol. The van der Waals surface area contributed by atoms with Crippen molar-refractivity contribution in [2.24, 2.45) is 5.73 Å². The maximum atomic E-state index is 5.50. The van der Waals surface area contributed by atoms with Gasteiger partial charge in [-0.05, 0) is 12.1 Å². The van der Waals surface area contributed by atoms with E-state index in [1.165, 1.54) is 0 Å². The number of aromatic amines is 1. The molecule has 0 saturated heterocycles. The van der Waals surface area contributed by atoms with Crippen LogP contribution in [-0.2, 0) is 6.54 Å². The quantitative estimate of drug-likeness (QED) is 0.861. The Balaban J connectivity index is 2.44. The van der Waals surface area contributed by atoms with E-state index in [1.54, 1.807) is 0 Å². The number of halogens is 1. The lowest BCUT2D eigenvalue weighted by molar-refractivity contribution is 0.948. The van der Waals surface area contributed by atoms with Crippen LogP contribution in [0, 0.1) is 0 Å². The number of benzene rings is 1. The first-order chi connectivity index (χ1) is 6.81. The Hall–Kier alpha value is -1.13. The summed E-state index contributed by atoms with van der Waals surface area (Å²) in [4.78, 5) is 0. The Morgan fingerprint density at radius 2 is 2.14 bits per heavy atom. The third-order valence-electron chi connectivity index (χ3n) is 2.00. The van der Waals surface area contributed by atoms with Crippen LogP contribution < -0.4 is 5.73 Å². The molecule has 0 atom stereocenters. The number of hydrogen-bond acceptors (Lipinski definition) is 2. The van der Waals surface area contributed by atoms with Gasteiger partial charge in [0.05, 0.1) is 5.69 Å². The van der Waals surface area contributed by atoms with Gasteiger partial charge in [0.15, 0.2) is 0 Å². The van der Waals surface area contributed by atoms with Crippen LogP contribution in [0.3, 0.4) is 0 Å². The summed E-state index contributed by atoms with van der Waals surface area (Å²) in [6.45, 7) is 0.484. The van der Waals surface area contributed by atoms with Gasteiger partial charge in [-0.1, -0.05) is 34.1 Å². The largest absolute Gasteiger partial charge is 0.325 e. The smallest absolute Gasteiger partial charge is 0.0935 e. The maximum Gasteiger partial charge on any atom is 0.0935 e. The van der Waals surface area contributed by atoms with Gasteiger partial charge in [0.1, 0.15) is 0 Å². The average Bonchev–Trinajstić information content (AvgIpc) is 2.67. The molecule has 1 aromatic heterocycles. The van der Waals surface area contributed by atoms with Crippen LogP contribution in [-0.4, -0.2) is 10.2 Å². The van der Waals surface area contributed by atoms with Crippen molar-refractivity contribution in [3.8, 4) is 11.3 Å². The van der Waals surface area contributed by atoms with Gasteiger partial charge in [0.2, 0.25) is 0 Å². The Morgan fingerprint density at radius 3 is 2.79 bits per heavy atom. The third kappa shape index (κ3) is 1.71. The van der Waals surface area contributed by atoms with Gasteiger partial charge in [-0.2, -0.15) is 5.10 Å². The number of nitrogens with two attached hydrogens (primary N) is 1. The van der Waals surface area contributed by atoms with Gasteiger partial charge in [0.25, 0.3) is 0 Å². The van der Waals surface area contributed by atoms with E-state index < -0.39 is 0 Å². The molecule has 0 aliphatic carbocycles. The molecule has 3 N–H and O–H groups in total. The molecule has 0 unspecified atom stereocenters. The van der Waals surface area contributed by atoms with E-state index in [0.717, 1.165) is 21.4 Å². The van der Waals surface area contributed by atoms with Crippen molar-refractivity contribution in [2.75, 3.05) is 0 Å². The molecule has 0 spiro atoms. The fourth-order valence-electron chi connectivity index (χ4n) is 1.27. The first-order valence-electron chi connectivity index (χ1n) is 4.30. The molecule has 4 heteroatoms. The van der Waals surface area contributed by atoms with Gasteiger partial charge in [0, 0.05) is 22.3 Å². The van der Waals surface area contributed by atoms with E-state index in [1.807, 2.05) is 30.3 Å². The summed E-state index contributed by atoms with van der Waals surface area (Å²) < 4.78 is 1.04. The van der Waals surface area contributed by atoms with Gasteiger partial charge in [-0.15, -0.1) is 0 Å². The molecule has 14 heavy (non-hydrogen) atoms. The van der Waals surface area contributed by atoms with Crippen LogP contribution >= 0.6 is 15.9 Å². The summed E-state index contributed by atoms with van der Waals surface area (Å²) in [5.41, 5.74) is 8.42. The molecule has 0 bridgehead atoms. The number of aromatic nitrogens is 2. The second-order valence-electron chi connectivity index (χ2n) is 2.96. The molecule has 0 saturated carbocycles. The van der Waals surface area contributed by atoms with Crippen molar-refractivity contribution in [2.45, 2.75) is 6.54 Å².